The monoisotopic (exact) mass is 368 g/mol. The molecule has 1 fully saturated rings. The van der Waals surface area contributed by atoms with Gasteiger partial charge in [0.2, 0.25) is 10.0 Å². The second-order valence-electron chi connectivity index (χ2n) is 6.20. The summed E-state index contributed by atoms with van der Waals surface area (Å²) < 4.78 is 45.6. The van der Waals surface area contributed by atoms with Crippen LogP contribution in [0, 0.1) is 5.82 Å². The second-order valence-corrected chi connectivity index (χ2v) is 7.91. The number of benzene rings is 1. The molecule has 1 saturated heterocycles. The van der Waals surface area contributed by atoms with Crippen molar-refractivity contribution in [1.29, 1.82) is 0 Å². The maximum atomic E-state index is 12.9. The molecule has 1 amide bonds. The molecular formula is C17H21FN2O4S. The Labute approximate surface area is 146 Å². The lowest BCUT2D eigenvalue weighted by molar-refractivity contribution is -0.132. The van der Waals surface area contributed by atoms with Gasteiger partial charge in [0.15, 0.2) is 5.76 Å². The van der Waals surface area contributed by atoms with Gasteiger partial charge in [-0.3, -0.25) is 4.79 Å². The first-order valence-electron chi connectivity index (χ1n) is 8.36. The van der Waals surface area contributed by atoms with Gasteiger partial charge in [-0.1, -0.05) is 0 Å². The van der Waals surface area contributed by atoms with Gasteiger partial charge in [0.05, 0.1) is 11.5 Å². The van der Waals surface area contributed by atoms with Gasteiger partial charge in [0, 0.05) is 19.1 Å². The number of ether oxygens (including phenoxy) is 1. The lowest BCUT2D eigenvalue weighted by atomic mass is 10.1. The second kappa shape index (κ2) is 7.53. The number of amides is 1. The van der Waals surface area contributed by atoms with Crippen LogP contribution >= 0.6 is 0 Å². The minimum absolute atomic E-state index is 0.0353. The predicted molar refractivity (Wildman–Crippen MR) is 89.6 cm³/mol. The fourth-order valence-corrected chi connectivity index (χ4v) is 4.27. The standard InChI is InChI=1S/C17H21FN2O4S/c18-13-4-6-15(7-5-13)25(22,23)19-14-8-10-20(11-9-14)17(21)16-3-1-2-12-24-16/h3-7,14,19H,1-2,8-12H2. The highest BCUT2D eigenvalue weighted by atomic mass is 32.2. The number of piperidine rings is 1. The van der Waals surface area contributed by atoms with E-state index < -0.39 is 15.8 Å². The molecule has 3 rings (SSSR count). The van der Waals surface area contributed by atoms with Gasteiger partial charge in [-0.15, -0.1) is 0 Å². The summed E-state index contributed by atoms with van der Waals surface area (Å²) in [5, 5.41) is 0. The third-order valence-corrected chi connectivity index (χ3v) is 5.91. The van der Waals surface area contributed by atoms with Crippen LogP contribution in [0.3, 0.4) is 0 Å². The van der Waals surface area contributed by atoms with Crippen LogP contribution in [0.1, 0.15) is 25.7 Å². The molecule has 0 saturated carbocycles. The first-order chi connectivity index (χ1) is 12.0. The number of halogens is 1. The number of nitrogens with one attached hydrogen (secondary N) is 1. The van der Waals surface area contributed by atoms with E-state index in [1.165, 1.54) is 12.1 Å². The van der Waals surface area contributed by atoms with Crippen LogP contribution in [0.25, 0.3) is 0 Å². The zero-order valence-corrected chi connectivity index (χ0v) is 14.6. The summed E-state index contributed by atoms with van der Waals surface area (Å²) in [6.07, 6.45) is 4.63. The molecule has 8 heteroatoms. The summed E-state index contributed by atoms with van der Waals surface area (Å²) >= 11 is 0. The van der Waals surface area contributed by atoms with Crippen LogP contribution in [-0.2, 0) is 19.6 Å². The summed E-state index contributed by atoms with van der Waals surface area (Å²) in [6, 6.07) is 4.47. The van der Waals surface area contributed by atoms with E-state index >= 15 is 0 Å². The molecule has 0 bridgehead atoms. The van der Waals surface area contributed by atoms with E-state index in [9.17, 15) is 17.6 Å². The molecule has 0 spiro atoms. The molecule has 1 N–H and O–H groups in total. The van der Waals surface area contributed by atoms with E-state index in [1.54, 1.807) is 4.90 Å². The van der Waals surface area contributed by atoms with Gasteiger partial charge in [0.1, 0.15) is 5.82 Å². The Morgan fingerprint density at radius 1 is 1.20 bits per heavy atom. The maximum Gasteiger partial charge on any atom is 0.288 e. The molecular weight excluding hydrogens is 347 g/mol. The number of likely N-dealkylation sites (tertiary alicyclic amines) is 1. The summed E-state index contributed by atoms with van der Waals surface area (Å²) in [5.41, 5.74) is 0. The SMILES string of the molecule is O=C(C1=CCCCO1)N1CCC(NS(=O)(=O)c2ccc(F)cc2)CC1. The number of hydrogen-bond acceptors (Lipinski definition) is 4. The Kier molecular flexibility index (Phi) is 5.39. The normalized spacial score (nSPS) is 19.2. The first kappa shape index (κ1) is 17.9. The zero-order chi connectivity index (χ0) is 17.9. The van der Waals surface area contributed by atoms with E-state index in [0.717, 1.165) is 25.0 Å². The van der Waals surface area contributed by atoms with Crippen LogP contribution < -0.4 is 4.72 Å². The Hall–Kier alpha value is -1.93. The number of carbonyl (C=O) groups is 1. The molecule has 0 aliphatic carbocycles. The van der Waals surface area contributed by atoms with Crippen LogP contribution in [0.15, 0.2) is 41.0 Å². The van der Waals surface area contributed by atoms with E-state index in [1.807, 2.05) is 6.08 Å². The lowest BCUT2D eigenvalue weighted by Crippen LogP contribution is -2.47. The summed E-state index contributed by atoms with van der Waals surface area (Å²) in [5.74, 6) is -0.207. The van der Waals surface area contributed by atoms with Crippen molar-refractivity contribution in [1.82, 2.24) is 9.62 Å². The number of nitrogens with zero attached hydrogens (tertiary/aromatic N) is 1. The van der Waals surface area contributed by atoms with Crippen molar-refractivity contribution in [3.05, 3.63) is 41.9 Å². The van der Waals surface area contributed by atoms with Crippen LogP contribution in [0.5, 0.6) is 0 Å². The average molecular weight is 368 g/mol. The number of hydrogen-bond donors (Lipinski definition) is 1. The highest BCUT2D eigenvalue weighted by molar-refractivity contribution is 7.89. The molecule has 1 aromatic carbocycles. The molecule has 0 unspecified atom stereocenters. The molecule has 6 nitrogen and oxygen atoms in total. The van der Waals surface area contributed by atoms with Gasteiger partial charge in [-0.2, -0.15) is 0 Å². The van der Waals surface area contributed by atoms with Crippen molar-refractivity contribution in [2.24, 2.45) is 0 Å². The Morgan fingerprint density at radius 2 is 1.88 bits per heavy atom. The van der Waals surface area contributed by atoms with Crippen molar-refractivity contribution >= 4 is 15.9 Å². The Bertz CT molecular complexity index is 753. The van der Waals surface area contributed by atoms with Crippen molar-refractivity contribution in [3.63, 3.8) is 0 Å². The quantitative estimate of drug-likeness (QED) is 0.879. The highest BCUT2D eigenvalue weighted by Crippen LogP contribution is 2.19. The minimum atomic E-state index is -3.69. The largest absolute Gasteiger partial charge is 0.488 e. The van der Waals surface area contributed by atoms with Gasteiger partial charge < -0.3 is 9.64 Å². The number of carbonyl (C=O) groups excluding carboxylic acids is 1. The zero-order valence-electron chi connectivity index (χ0n) is 13.8. The van der Waals surface area contributed by atoms with E-state index in [2.05, 4.69) is 4.72 Å². The molecule has 25 heavy (non-hydrogen) atoms. The Balaban J connectivity index is 1.56. The van der Waals surface area contributed by atoms with Crippen LogP contribution in [0.2, 0.25) is 0 Å². The fourth-order valence-electron chi connectivity index (χ4n) is 2.96. The van der Waals surface area contributed by atoms with Crippen molar-refractivity contribution in [3.8, 4) is 0 Å². The van der Waals surface area contributed by atoms with Crippen molar-refractivity contribution in [2.45, 2.75) is 36.6 Å². The number of sulfonamides is 1. The molecule has 0 radical (unpaired) electrons. The van der Waals surface area contributed by atoms with Crippen molar-refractivity contribution in [2.75, 3.05) is 19.7 Å². The summed E-state index contributed by atoms with van der Waals surface area (Å²) in [4.78, 5) is 14.1. The van der Waals surface area contributed by atoms with E-state index in [-0.39, 0.29) is 16.8 Å². The third kappa shape index (κ3) is 4.38. The predicted octanol–water partition coefficient (Wildman–Crippen LogP) is 1.79. The summed E-state index contributed by atoms with van der Waals surface area (Å²) in [6.45, 7) is 1.50. The topological polar surface area (TPSA) is 75.7 Å². The van der Waals surface area contributed by atoms with Gasteiger partial charge in [-0.25, -0.2) is 17.5 Å². The Morgan fingerprint density at radius 3 is 2.48 bits per heavy atom. The summed E-state index contributed by atoms with van der Waals surface area (Å²) in [7, 11) is -3.69. The highest BCUT2D eigenvalue weighted by Gasteiger charge is 2.28. The smallest absolute Gasteiger partial charge is 0.288 e. The molecule has 2 aliphatic heterocycles. The molecule has 2 heterocycles. The average Bonchev–Trinajstić information content (AvgIpc) is 2.62. The van der Waals surface area contributed by atoms with E-state index in [4.69, 9.17) is 4.74 Å². The lowest BCUT2D eigenvalue weighted by Gasteiger charge is -2.33. The van der Waals surface area contributed by atoms with Crippen molar-refractivity contribution < 1.29 is 22.3 Å². The van der Waals surface area contributed by atoms with Gasteiger partial charge in [0.25, 0.3) is 5.91 Å². The molecule has 136 valence electrons. The third-order valence-electron chi connectivity index (χ3n) is 4.37. The fraction of sp³-hybridized carbons (Fsp3) is 0.471. The number of rotatable bonds is 4. The van der Waals surface area contributed by atoms with Gasteiger partial charge >= 0.3 is 0 Å². The van der Waals surface area contributed by atoms with E-state index in [0.29, 0.717) is 38.3 Å². The number of allylic oxidation sites excluding steroid dienone is 1. The maximum absolute atomic E-state index is 12.9. The van der Waals surface area contributed by atoms with Crippen LogP contribution in [-0.4, -0.2) is 45.0 Å². The van der Waals surface area contributed by atoms with Crippen LogP contribution in [0.4, 0.5) is 4.39 Å². The molecule has 0 atom stereocenters. The molecule has 1 aromatic rings. The molecule has 2 aliphatic rings. The minimum Gasteiger partial charge on any atom is -0.488 e. The molecule has 0 aromatic heterocycles. The first-order valence-corrected chi connectivity index (χ1v) is 9.84. The van der Waals surface area contributed by atoms with Gasteiger partial charge in [-0.05, 0) is 56.0 Å².